The molecule has 0 saturated heterocycles. The summed E-state index contributed by atoms with van der Waals surface area (Å²) in [6, 6.07) is 8.82. The monoisotopic (exact) mass is 291 g/mol. The number of hydrogen-bond acceptors (Lipinski definition) is 3. The number of amides is 1. The Hall–Kier alpha value is -2.76. The van der Waals surface area contributed by atoms with Crippen molar-refractivity contribution >= 4 is 17.6 Å². The summed E-state index contributed by atoms with van der Waals surface area (Å²) in [6.07, 6.45) is 0. The highest BCUT2D eigenvalue weighted by Gasteiger charge is 2.15. The maximum Gasteiger partial charge on any atom is 0.308 e. The molecule has 0 aliphatic carbocycles. The van der Waals surface area contributed by atoms with Gasteiger partial charge in [-0.05, 0) is 24.3 Å². The van der Waals surface area contributed by atoms with Crippen LogP contribution in [0.2, 0.25) is 0 Å². The van der Waals surface area contributed by atoms with Crippen molar-refractivity contribution < 1.29 is 23.1 Å². The summed E-state index contributed by atoms with van der Waals surface area (Å²) in [7, 11) is 0. The number of ether oxygens (including phenoxy) is 1. The molecule has 21 heavy (non-hydrogen) atoms. The zero-order valence-electron chi connectivity index (χ0n) is 11.0. The highest BCUT2D eigenvalue weighted by molar-refractivity contribution is 6.06. The van der Waals surface area contributed by atoms with E-state index in [1.165, 1.54) is 19.1 Å². The van der Waals surface area contributed by atoms with E-state index in [0.717, 1.165) is 12.1 Å². The molecule has 0 atom stereocenters. The molecule has 0 fully saturated rings. The molecule has 1 N–H and O–H groups in total. The van der Waals surface area contributed by atoms with Crippen LogP contribution < -0.4 is 10.1 Å². The van der Waals surface area contributed by atoms with Crippen molar-refractivity contribution in [2.45, 2.75) is 6.92 Å². The second-order valence-corrected chi connectivity index (χ2v) is 4.17. The Kier molecular flexibility index (Phi) is 4.27. The third kappa shape index (κ3) is 3.62. The molecule has 0 aliphatic rings. The van der Waals surface area contributed by atoms with Crippen LogP contribution in [0.3, 0.4) is 0 Å². The zero-order valence-corrected chi connectivity index (χ0v) is 11.0. The average Bonchev–Trinajstić information content (AvgIpc) is 2.42. The minimum absolute atomic E-state index is 0.0602. The first kappa shape index (κ1) is 14.6. The Bertz CT molecular complexity index is 701. The fraction of sp³-hybridized carbons (Fsp3) is 0.0667. The Morgan fingerprint density at radius 1 is 1.10 bits per heavy atom. The molecule has 1 amide bonds. The van der Waals surface area contributed by atoms with Crippen LogP contribution in [0.1, 0.15) is 17.3 Å². The first-order chi connectivity index (χ1) is 9.97. The number of benzene rings is 2. The van der Waals surface area contributed by atoms with Crippen LogP contribution >= 0.6 is 0 Å². The molecule has 2 aromatic carbocycles. The summed E-state index contributed by atoms with van der Waals surface area (Å²) in [5.41, 5.74) is -0.101. The summed E-state index contributed by atoms with van der Waals surface area (Å²) >= 11 is 0. The van der Waals surface area contributed by atoms with E-state index in [1.54, 1.807) is 12.1 Å². The van der Waals surface area contributed by atoms with Crippen LogP contribution in [-0.2, 0) is 4.79 Å². The molecule has 0 aliphatic heterocycles. The van der Waals surface area contributed by atoms with Crippen molar-refractivity contribution in [3.8, 4) is 5.75 Å². The lowest BCUT2D eigenvalue weighted by atomic mass is 10.2. The largest absolute Gasteiger partial charge is 0.426 e. The molecular formula is C15H11F2NO3. The fourth-order valence-electron chi connectivity index (χ4n) is 1.68. The van der Waals surface area contributed by atoms with Gasteiger partial charge < -0.3 is 10.1 Å². The summed E-state index contributed by atoms with van der Waals surface area (Å²) in [6.45, 7) is 1.20. The lowest BCUT2D eigenvalue weighted by Crippen LogP contribution is -2.15. The van der Waals surface area contributed by atoms with Gasteiger partial charge in [0.1, 0.15) is 17.4 Å². The molecule has 0 spiro atoms. The SMILES string of the molecule is CC(=O)Oc1ccccc1C(=O)Nc1ccc(F)cc1F. The van der Waals surface area contributed by atoms with Gasteiger partial charge in [0.15, 0.2) is 0 Å². The molecule has 6 heteroatoms. The summed E-state index contributed by atoms with van der Waals surface area (Å²) < 4.78 is 31.2. The van der Waals surface area contributed by atoms with Gasteiger partial charge in [0.25, 0.3) is 5.91 Å². The topological polar surface area (TPSA) is 55.4 Å². The number of nitrogens with one attached hydrogen (secondary N) is 1. The molecular weight excluding hydrogens is 280 g/mol. The van der Waals surface area contributed by atoms with E-state index in [9.17, 15) is 18.4 Å². The second-order valence-electron chi connectivity index (χ2n) is 4.17. The van der Waals surface area contributed by atoms with Gasteiger partial charge in [0.05, 0.1) is 11.3 Å². The first-order valence-electron chi connectivity index (χ1n) is 6.01. The summed E-state index contributed by atoms with van der Waals surface area (Å²) in [5, 5.41) is 2.30. The van der Waals surface area contributed by atoms with Gasteiger partial charge in [-0.15, -0.1) is 0 Å². The van der Waals surface area contributed by atoms with E-state index >= 15 is 0 Å². The summed E-state index contributed by atoms with van der Waals surface area (Å²) in [5.74, 6) is -2.83. The minimum atomic E-state index is -0.895. The third-order valence-electron chi connectivity index (χ3n) is 2.56. The van der Waals surface area contributed by atoms with E-state index in [0.29, 0.717) is 6.07 Å². The van der Waals surface area contributed by atoms with Gasteiger partial charge in [-0.1, -0.05) is 12.1 Å². The van der Waals surface area contributed by atoms with Crippen LogP contribution in [0, 0.1) is 11.6 Å². The molecule has 4 nitrogen and oxygen atoms in total. The lowest BCUT2D eigenvalue weighted by molar-refractivity contribution is -0.131. The van der Waals surface area contributed by atoms with Gasteiger partial charge in [-0.3, -0.25) is 9.59 Å². The van der Waals surface area contributed by atoms with E-state index in [4.69, 9.17) is 4.74 Å². The standard InChI is InChI=1S/C15H11F2NO3/c1-9(19)21-14-5-3-2-4-11(14)15(20)18-13-7-6-10(16)8-12(13)17/h2-8H,1H3,(H,18,20). The van der Waals surface area contributed by atoms with E-state index in [-0.39, 0.29) is 17.0 Å². The average molecular weight is 291 g/mol. The minimum Gasteiger partial charge on any atom is -0.426 e. The maximum absolute atomic E-state index is 13.5. The number of carbonyl (C=O) groups is 2. The number of para-hydroxylation sites is 1. The molecule has 0 unspecified atom stereocenters. The van der Waals surface area contributed by atoms with Crippen molar-refractivity contribution in [1.82, 2.24) is 0 Å². The van der Waals surface area contributed by atoms with Crippen LogP contribution in [-0.4, -0.2) is 11.9 Å². The van der Waals surface area contributed by atoms with Gasteiger partial charge in [0.2, 0.25) is 0 Å². The predicted octanol–water partition coefficient (Wildman–Crippen LogP) is 3.14. The molecule has 0 aromatic heterocycles. The van der Waals surface area contributed by atoms with E-state index < -0.39 is 23.5 Å². The predicted molar refractivity (Wildman–Crippen MR) is 72.1 cm³/mol. The quantitative estimate of drug-likeness (QED) is 0.698. The molecule has 2 aromatic rings. The number of halogens is 2. The van der Waals surface area contributed by atoms with Crippen molar-refractivity contribution in [1.29, 1.82) is 0 Å². The van der Waals surface area contributed by atoms with Crippen LogP contribution in [0.4, 0.5) is 14.5 Å². The van der Waals surface area contributed by atoms with Crippen LogP contribution in [0.25, 0.3) is 0 Å². The molecule has 0 saturated carbocycles. The molecule has 0 heterocycles. The van der Waals surface area contributed by atoms with E-state index in [2.05, 4.69) is 5.32 Å². The lowest BCUT2D eigenvalue weighted by Gasteiger charge is -2.10. The molecule has 0 bridgehead atoms. The summed E-state index contributed by atoms with van der Waals surface area (Å²) in [4.78, 5) is 23.1. The number of hydrogen-bond donors (Lipinski definition) is 1. The third-order valence-corrected chi connectivity index (χ3v) is 2.56. The smallest absolute Gasteiger partial charge is 0.308 e. The Labute approximate surface area is 119 Å². The zero-order chi connectivity index (χ0) is 15.4. The van der Waals surface area contributed by atoms with Gasteiger partial charge in [0, 0.05) is 13.0 Å². The first-order valence-corrected chi connectivity index (χ1v) is 6.01. The highest BCUT2D eigenvalue weighted by atomic mass is 19.1. The van der Waals surface area contributed by atoms with Crippen molar-refractivity contribution in [3.63, 3.8) is 0 Å². The van der Waals surface area contributed by atoms with E-state index in [1.807, 2.05) is 0 Å². The van der Waals surface area contributed by atoms with Crippen molar-refractivity contribution in [2.75, 3.05) is 5.32 Å². The van der Waals surface area contributed by atoms with Crippen LogP contribution in [0.15, 0.2) is 42.5 Å². The molecule has 0 radical (unpaired) electrons. The van der Waals surface area contributed by atoms with Crippen molar-refractivity contribution in [3.05, 3.63) is 59.7 Å². The Balaban J connectivity index is 2.26. The van der Waals surface area contributed by atoms with Crippen LogP contribution in [0.5, 0.6) is 5.75 Å². The number of carbonyl (C=O) groups excluding carboxylic acids is 2. The molecule has 2 rings (SSSR count). The van der Waals surface area contributed by atoms with Gasteiger partial charge >= 0.3 is 5.97 Å². The Morgan fingerprint density at radius 3 is 2.48 bits per heavy atom. The molecule has 108 valence electrons. The maximum atomic E-state index is 13.5. The fourth-order valence-corrected chi connectivity index (χ4v) is 1.68. The highest BCUT2D eigenvalue weighted by Crippen LogP contribution is 2.21. The van der Waals surface area contributed by atoms with Gasteiger partial charge in [-0.25, -0.2) is 8.78 Å². The number of anilines is 1. The van der Waals surface area contributed by atoms with Gasteiger partial charge in [-0.2, -0.15) is 0 Å². The number of esters is 1. The van der Waals surface area contributed by atoms with Crippen molar-refractivity contribution in [2.24, 2.45) is 0 Å². The second kappa shape index (κ2) is 6.13. The normalized spacial score (nSPS) is 10.0. The Morgan fingerprint density at radius 2 is 1.81 bits per heavy atom. The number of rotatable bonds is 3.